The van der Waals surface area contributed by atoms with Crippen LogP contribution in [0.1, 0.15) is 15.2 Å². The summed E-state index contributed by atoms with van der Waals surface area (Å²) in [6, 6.07) is 2.35. The van der Waals surface area contributed by atoms with Gasteiger partial charge in [-0.2, -0.15) is 14.3 Å². The largest absolute Gasteiger partial charge is 0.506 e. The van der Waals surface area contributed by atoms with Crippen LogP contribution < -0.4 is 21.7 Å². The lowest BCUT2D eigenvalue weighted by molar-refractivity contribution is -0.739. The molecule has 1 aromatic carbocycles. The number of rotatable bonds is 5. The molecule has 1 aliphatic heterocycles. The van der Waals surface area contributed by atoms with Crippen LogP contribution in [0.3, 0.4) is 0 Å². The summed E-state index contributed by atoms with van der Waals surface area (Å²) in [6.07, 6.45) is 1.63. The predicted molar refractivity (Wildman–Crippen MR) is 95.7 cm³/mol. The van der Waals surface area contributed by atoms with Gasteiger partial charge < -0.3 is 20.2 Å². The van der Waals surface area contributed by atoms with E-state index in [4.69, 9.17) is 9.79 Å². The third kappa shape index (κ3) is 3.66. The summed E-state index contributed by atoms with van der Waals surface area (Å²) < 4.78 is 39.0. The molecule has 0 unspecified atom stereocenters. The van der Waals surface area contributed by atoms with Crippen LogP contribution in [-0.4, -0.2) is 27.3 Å². The third-order valence-corrected chi connectivity index (χ3v) is 7.14. The average Bonchev–Trinajstić information content (AvgIpc) is 3.20. The van der Waals surface area contributed by atoms with Gasteiger partial charge in [-0.05, 0) is 28.1 Å². The molecule has 146 valence electrons. The van der Waals surface area contributed by atoms with E-state index in [1.165, 1.54) is 6.07 Å². The van der Waals surface area contributed by atoms with Crippen LogP contribution in [0.15, 0.2) is 28.5 Å². The van der Waals surface area contributed by atoms with Crippen LogP contribution in [0.2, 0.25) is 0 Å². The van der Waals surface area contributed by atoms with E-state index in [0.29, 0.717) is 17.0 Å². The van der Waals surface area contributed by atoms with Crippen molar-refractivity contribution in [1.29, 1.82) is 0 Å². The number of carbonyl (C=O) groups is 1. The molecule has 9 nitrogen and oxygen atoms in total. The van der Waals surface area contributed by atoms with Crippen molar-refractivity contribution in [1.82, 2.24) is 16.2 Å². The number of hydrogen-bond acceptors (Lipinski definition) is 6. The molecule has 0 saturated heterocycles. The smallest absolute Gasteiger partial charge is 0.400 e. The molecular weight excluding hydrogens is 473 g/mol. The van der Waals surface area contributed by atoms with Gasteiger partial charge in [0, 0.05) is 15.4 Å². The first kappa shape index (κ1) is 20.0. The zero-order valence-electron chi connectivity index (χ0n) is 13.2. The van der Waals surface area contributed by atoms with Crippen molar-refractivity contribution >= 4 is 50.9 Å². The Morgan fingerprint density at radius 3 is 2.70 bits per heavy atom. The van der Waals surface area contributed by atoms with Gasteiger partial charge in [-0.15, -0.1) is 11.3 Å². The zero-order valence-corrected chi connectivity index (χ0v) is 16.5. The number of nitrogens with one attached hydrogen (secondary N) is 3. The predicted octanol–water partition coefficient (Wildman–Crippen LogP) is 0.754. The molecule has 0 saturated carbocycles. The molecule has 2 heterocycles. The van der Waals surface area contributed by atoms with E-state index in [0.717, 1.165) is 6.07 Å². The normalized spacial score (nSPS) is 14.6. The summed E-state index contributed by atoms with van der Waals surface area (Å²) in [5.41, 5.74) is 3.43. The molecule has 0 aliphatic carbocycles. The minimum atomic E-state index is -5.78. The number of amides is 1. The van der Waals surface area contributed by atoms with Gasteiger partial charge in [0.25, 0.3) is 5.91 Å². The van der Waals surface area contributed by atoms with E-state index in [1.54, 1.807) is 11.7 Å². The number of quaternary nitrogens is 1. The molecule has 0 spiro atoms. The number of benzene rings is 1. The SMILES string of the molecule is O=C(NCC1=CN[NH2+]N1)c1cc(O)c2sc(C(F)(F)P(=O)(O)O)c(Br)c2c1. The molecule has 0 bridgehead atoms. The van der Waals surface area contributed by atoms with Crippen LogP contribution in [0.25, 0.3) is 10.1 Å². The van der Waals surface area contributed by atoms with Crippen molar-refractivity contribution in [2.75, 3.05) is 6.54 Å². The summed E-state index contributed by atoms with van der Waals surface area (Å²) in [4.78, 5) is 29.2. The van der Waals surface area contributed by atoms with Crippen molar-refractivity contribution in [3.63, 3.8) is 0 Å². The van der Waals surface area contributed by atoms with Gasteiger partial charge in [-0.25, -0.2) is 10.9 Å². The zero-order chi connectivity index (χ0) is 20.0. The summed E-state index contributed by atoms with van der Waals surface area (Å²) in [5.74, 6) is -1.02. The number of fused-ring (bicyclic) bond motifs is 1. The second-order valence-corrected chi connectivity index (χ2v) is 8.97. The highest BCUT2D eigenvalue weighted by atomic mass is 79.9. The van der Waals surface area contributed by atoms with Gasteiger partial charge in [-0.1, -0.05) is 0 Å². The first-order valence-corrected chi connectivity index (χ1v) is 10.4. The Labute approximate surface area is 162 Å². The molecule has 0 fully saturated rings. The van der Waals surface area contributed by atoms with E-state index in [1.807, 2.05) is 0 Å². The lowest BCUT2D eigenvalue weighted by Gasteiger charge is -2.16. The van der Waals surface area contributed by atoms with E-state index in [2.05, 4.69) is 32.1 Å². The number of phenols is 1. The van der Waals surface area contributed by atoms with Gasteiger partial charge in [-0.3, -0.25) is 9.36 Å². The standard InChI is InChI=1S/C13H12BrF2N4O5PS/c14-9-7-1-5(12(22)17-3-6-4-18-20-19-6)2-8(21)10(7)27-11(9)13(15,16)26(23,24)25/h1-2,4,18-21H,3H2,(H,17,22)(H2,23,24,25)/p+1. The highest BCUT2D eigenvalue weighted by molar-refractivity contribution is 9.10. The number of nitrogens with two attached hydrogens (primary N) is 1. The molecule has 1 aliphatic rings. The van der Waals surface area contributed by atoms with Crippen molar-refractivity contribution in [2.24, 2.45) is 0 Å². The van der Waals surface area contributed by atoms with Gasteiger partial charge in [0.1, 0.15) is 16.3 Å². The van der Waals surface area contributed by atoms with Crippen molar-refractivity contribution < 1.29 is 38.6 Å². The van der Waals surface area contributed by atoms with Gasteiger partial charge in [0.2, 0.25) is 0 Å². The number of aromatic hydroxyl groups is 1. The Bertz CT molecular complexity index is 1010. The Hall–Kier alpha value is -1.76. The molecule has 3 rings (SSSR count). The summed E-state index contributed by atoms with van der Waals surface area (Å²) in [7, 11) is -5.78. The van der Waals surface area contributed by atoms with E-state index in [-0.39, 0.29) is 26.7 Å². The van der Waals surface area contributed by atoms with Gasteiger partial charge >= 0.3 is 13.3 Å². The number of phenolic OH excluding ortho intramolecular Hbond substituents is 1. The van der Waals surface area contributed by atoms with Crippen LogP contribution in [-0.2, 0) is 10.2 Å². The number of halogens is 3. The fraction of sp³-hybridized carbons (Fsp3) is 0.154. The molecule has 1 aromatic heterocycles. The third-order valence-electron chi connectivity index (χ3n) is 3.65. The number of hydrogen-bond donors (Lipinski definition) is 7. The van der Waals surface area contributed by atoms with Gasteiger partial charge in [0.15, 0.2) is 0 Å². The Balaban J connectivity index is 1.97. The fourth-order valence-electron chi connectivity index (χ4n) is 2.31. The Morgan fingerprint density at radius 1 is 1.41 bits per heavy atom. The molecule has 2 aromatic rings. The topological polar surface area (TPSA) is 148 Å². The maximum Gasteiger partial charge on any atom is 0.400 e. The average molecular weight is 486 g/mol. The van der Waals surface area contributed by atoms with Crippen LogP contribution >= 0.6 is 34.9 Å². The monoisotopic (exact) mass is 485 g/mol. The molecule has 27 heavy (non-hydrogen) atoms. The van der Waals surface area contributed by atoms with Crippen LogP contribution in [0.4, 0.5) is 8.78 Å². The molecule has 8 N–H and O–H groups in total. The van der Waals surface area contributed by atoms with E-state index < -0.39 is 29.8 Å². The Kier molecular flexibility index (Phi) is 5.18. The summed E-state index contributed by atoms with van der Waals surface area (Å²) >= 11 is 3.24. The minimum absolute atomic E-state index is 0.0000756. The second-order valence-electron chi connectivity index (χ2n) is 5.51. The highest BCUT2D eigenvalue weighted by Gasteiger charge is 2.53. The lowest BCUT2D eigenvalue weighted by atomic mass is 10.1. The van der Waals surface area contributed by atoms with Crippen molar-refractivity contribution in [2.45, 2.75) is 5.66 Å². The molecule has 14 heteroatoms. The molecular formula is C13H13BrF2N4O5PS+. The van der Waals surface area contributed by atoms with E-state index in [9.17, 15) is 23.2 Å². The number of alkyl halides is 2. The van der Waals surface area contributed by atoms with Crippen molar-refractivity contribution in [3.05, 3.63) is 38.9 Å². The van der Waals surface area contributed by atoms with Crippen LogP contribution in [0.5, 0.6) is 5.75 Å². The van der Waals surface area contributed by atoms with Gasteiger partial charge in [0.05, 0.1) is 17.4 Å². The lowest BCUT2D eigenvalue weighted by Crippen LogP contribution is -2.96. The minimum Gasteiger partial charge on any atom is -0.506 e. The molecule has 1 amide bonds. The second kappa shape index (κ2) is 7.00. The van der Waals surface area contributed by atoms with E-state index >= 15 is 0 Å². The summed E-state index contributed by atoms with van der Waals surface area (Å²) in [5, 5.41) is 12.8. The molecule has 0 radical (unpaired) electrons. The number of thiophene rings is 1. The summed E-state index contributed by atoms with van der Waals surface area (Å²) in [6.45, 7) is 0.160. The molecule has 0 atom stereocenters. The maximum atomic E-state index is 14.1. The number of carbonyl (C=O) groups excluding carboxylic acids is 1. The highest BCUT2D eigenvalue weighted by Crippen LogP contribution is 2.63. The maximum absolute atomic E-state index is 14.1. The van der Waals surface area contributed by atoms with Crippen LogP contribution in [0, 0.1) is 0 Å². The fourth-order valence-corrected chi connectivity index (χ4v) is 5.23. The first-order chi connectivity index (χ1) is 12.5. The van der Waals surface area contributed by atoms with Crippen molar-refractivity contribution in [3.8, 4) is 5.75 Å². The quantitative estimate of drug-likeness (QED) is 0.244. The first-order valence-electron chi connectivity index (χ1n) is 7.23. The Morgan fingerprint density at radius 2 is 2.11 bits per heavy atom.